The molecule has 0 aromatic heterocycles. The lowest BCUT2D eigenvalue weighted by Gasteiger charge is -2.48. The number of hydrogen-bond donors (Lipinski definition) is 0. The lowest BCUT2D eigenvalue weighted by Crippen LogP contribution is -2.47. The van der Waals surface area contributed by atoms with Gasteiger partial charge >= 0.3 is 0 Å². The van der Waals surface area contributed by atoms with E-state index in [1.807, 2.05) is 0 Å². The van der Waals surface area contributed by atoms with Crippen molar-refractivity contribution in [2.75, 3.05) is 0 Å². The molecule has 124 valence electrons. The van der Waals surface area contributed by atoms with Gasteiger partial charge in [0.15, 0.2) is 0 Å². The smallest absolute Gasteiger partial charge is 0.0561 e. The maximum absolute atomic E-state index is 2.53. The van der Waals surface area contributed by atoms with Crippen LogP contribution in [-0.2, 0) is 0 Å². The minimum absolute atomic E-state index is 0.975. The number of hydrogen-bond acceptors (Lipinski definition) is 0. The van der Waals surface area contributed by atoms with Crippen molar-refractivity contribution >= 4 is 16.1 Å². The molecule has 0 aliphatic heterocycles. The Balaban J connectivity index is 2.27. The van der Waals surface area contributed by atoms with Crippen LogP contribution in [0.3, 0.4) is 0 Å². The molecule has 2 saturated carbocycles. The van der Waals surface area contributed by atoms with E-state index in [1.54, 1.807) is 55.5 Å². The van der Waals surface area contributed by atoms with Crippen LogP contribution in [0.25, 0.3) is 0 Å². The topological polar surface area (TPSA) is 0 Å². The van der Waals surface area contributed by atoms with Gasteiger partial charge in [0.25, 0.3) is 0 Å². The monoisotopic (exact) mass is 324 g/mol. The Labute approximate surface area is 136 Å². The molecule has 0 aromatic rings. The molecule has 0 amide bonds. The molecule has 2 aliphatic carbocycles. The standard InChI is InChI=1S/C19H40Si2/c1-7-20(8-2,9-3)18-14-16-13-17(18)19(15-16)21(10-4,11-5)12-6/h16-19H,7-15H2,1-6H3. The summed E-state index contributed by atoms with van der Waals surface area (Å²) < 4.78 is 0. The van der Waals surface area contributed by atoms with E-state index >= 15 is 0 Å². The van der Waals surface area contributed by atoms with Gasteiger partial charge < -0.3 is 0 Å². The summed E-state index contributed by atoms with van der Waals surface area (Å²) in [6, 6.07) is 9.33. The second kappa shape index (κ2) is 6.90. The van der Waals surface area contributed by atoms with Crippen LogP contribution in [-0.4, -0.2) is 16.1 Å². The van der Waals surface area contributed by atoms with Gasteiger partial charge in [-0.3, -0.25) is 0 Å². The van der Waals surface area contributed by atoms with E-state index in [0.717, 1.165) is 5.92 Å². The van der Waals surface area contributed by atoms with E-state index < -0.39 is 16.1 Å². The van der Waals surface area contributed by atoms with Crippen LogP contribution in [0.2, 0.25) is 47.3 Å². The molecule has 0 spiro atoms. The second-order valence-electron chi connectivity index (χ2n) is 8.30. The molecule has 0 aromatic carbocycles. The Kier molecular flexibility index (Phi) is 5.85. The van der Waals surface area contributed by atoms with E-state index in [-0.39, 0.29) is 0 Å². The van der Waals surface area contributed by atoms with Gasteiger partial charge in [0.2, 0.25) is 0 Å². The minimum Gasteiger partial charge on any atom is -0.0678 e. The highest BCUT2D eigenvalue weighted by atomic mass is 28.3. The van der Waals surface area contributed by atoms with Gasteiger partial charge in [-0.1, -0.05) is 77.8 Å². The molecule has 2 rings (SSSR count). The van der Waals surface area contributed by atoms with Crippen molar-refractivity contribution in [3.05, 3.63) is 0 Å². The molecule has 21 heavy (non-hydrogen) atoms. The fourth-order valence-electron chi connectivity index (χ4n) is 6.83. The fourth-order valence-corrected chi connectivity index (χ4v) is 17.4. The first kappa shape index (κ1) is 17.8. The van der Waals surface area contributed by atoms with Crippen LogP contribution >= 0.6 is 0 Å². The highest BCUT2D eigenvalue weighted by Crippen LogP contribution is 2.65. The van der Waals surface area contributed by atoms with E-state index in [4.69, 9.17) is 0 Å². The van der Waals surface area contributed by atoms with Crippen molar-refractivity contribution in [1.82, 2.24) is 0 Å². The summed E-state index contributed by atoms with van der Waals surface area (Å²) in [5.74, 6) is 2.31. The third kappa shape index (κ3) is 2.73. The zero-order chi connectivity index (χ0) is 15.7. The predicted molar refractivity (Wildman–Crippen MR) is 103 cm³/mol. The van der Waals surface area contributed by atoms with Crippen molar-refractivity contribution in [2.24, 2.45) is 11.8 Å². The van der Waals surface area contributed by atoms with Crippen molar-refractivity contribution in [1.29, 1.82) is 0 Å². The van der Waals surface area contributed by atoms with E-state index in [2.05, 4.69) is 41.5 Å². The van der Waals surface area contributed by atoms with Crippen LogP contribution in [0.1, 0.15) is 60.8 Å². The molecule has 0 N–H and O–H groups in total. The molecule has 2 bridgehead atoms. The van der Waals surface area contributed by atoms with Gasteiger partial charge in [0, 0.05) is 0 Å². The third-order valence-electron chi connectivity index (χ3n) is 8.61. The Bertz CT molecular complexity index is 284. The van der Waals surface area contributed by atoms with E-state index in [1.165, 1.54) is 17.0 Å². The SMILES string of the molecule is CC[Si](CC)(CC)C1CC2CC1C([Si](CC)(CC)CC)C2. The molecule has 0 radical (unpaired) electrons. The zero-order valence-corrected chi connectivity index (χ0v) is 17.7. The van der Waals surface area contributed by atoms with E-state index in [0.29, 0.717) is 0 Å². The summed E-state index contributed by atoms with van der Waals surface area (Å²) in [7, 11) is -1.95. The Morgan fingerprint density at radius 1 is 0.571 bits per heavy atom. The molecule has 2 atom stereocenters. The maximum Gasteiger partial charge on any atom is 0.0561 e. The highest BCUT2D eigenvalue weighted by molar-refractivity contribution is 6.83. The first-order chi connectivity index (χ1) is 10.1. The summed E-state index contributed by atoms with van der Waals surface area (Å²) in [6.45, 7) is 15.2. The van der Waals surface area contributed by atoms with Crippen LogP contribution in [0, 0.1) is 11.8 Å². The molecule has 2 fully saturated rings. The average Bonchev–Trinajstić information content (AvgIpc) is 3.13. The van der Waals surface area contributed by atoms with Crippen molar-refractivity contribution in [3.63, 3.8) is 0 Å². The van der Waals surface area contributed by atoms with Crippen molar-refractivity contribution in [2.45, 2.75) is 108 Å². The summed E-state index contributed by atoms with van der Waals surface area (Å²) in [5, 5.41) is 0. The summed E-state index contributed by atoms with van der Waals surface area (Å²) >= 11 is 0. The fraction of sp³-hybridized carbons (Fsp3) is 1.00. The van der Waals surface area contributed by atoms with Gasteiger partial charge in [-0.05, 0) is 42.2 Å². The Morgan fingerprint density at radius 3 is 1.14 bits per heavy atom. The van der Waals surface area contributed by atoms with Gasteiger partial charge in [-0.2, -0.15) is 0 Å². The first-order valence-electron chi connectivity index (χ1n) is 10.1. The average molecular weight is 325 g/mol. The van der Waals surface area contributed by atoms with Crippen molar-refractivity contribution < 1.29 is 0 Å². The van der Waals surface area contributed by atoms with Crippen LogP contribution in [0.15, 0.2) is 0 Å². The molecular weight excluding hydrogens is 284 g/mol. The second-order valence-corrected chi connectivity index (χ2v) is 19.5. The maximum atomic E-state index is 2.53. The summed E-state index contributed by atoms with van der Waals surface area (Å²) in [4.78, 5) is 0. The summed E-state index contributed by atoms with van der Waals surface area (Å²) in [5.41, 5.74) is 2.41. The molecule has 0 heterocycles. The lowest BCUT2D eigenvalue weighted by atomic mass is 9.99. The van der Waals surface area contributed by atoms with Gasteiger partial charge in [-0.15, -0.1) is 0 Å². The molecule has 0 nitrogen and oxygen atoms in total. The zero-order valence-electron chi connectivity index (χ0n) is 15.7. The number of rotatable bonds is 8. The third-order valence-corrected chi connectivity index (χ3v) is 21.5. The highest BCUT2D eigenvalue weighted by Gasteiger charge is 2.57. The van der Waals surface area contributed by atoms with Crippen LogP contribution < -0.4 is 0 Å². The normalized spacial score (nSPS) is 32.9. The molecule has 2 heteroatoms. The first-order valence-corrected chi connectivity index (χ1v) is 15.5. The molecule has 2 aliphatic rings. The Morgan fingerprint density at radius 2 is 0.905 bits per heavy atom. The largest absolute Gasteiger partial charge is 0.0678 e. The summed E-state index contributed by atoms with van der Waals surface area (Å²) in [6.07, 6.45) is 4.92. The van der Waals surface area contributed by atoms with Gasteiger partial charge in [0.05, 0.1) is 16.1 Å². The molecule has 0 saturated heterocycles. The minimum atomic E-state index is -0.975. The van der Waals surface area contributed by atoms with Crippen LogP contribution in [0.4, 0.5) is 0 Å². The van der Waals surface area contributed by atoms with E-state index in [9.17, 15) is 0 Å². The quantitative estimate of drug-likeness (QED) is 0.415. The van der Waals surface area contributed by atoms with Crippen molar-refractivity contribution in [3.8, 4) is 0 Å². The van der Waals surface area contributed by atoms with Crippen LogP contribution in [0.5, 0.6) is 0 Å². The lowest BCUT2D eigenvalue weighted by molar-refractivity contribution is 0.450. The predicted octanol–water partition coefficient (Wildman–Crippen LogP) is 7.17. The van der Waals surface area contributed by atoms with Gasteiger partial charge in [-0.25, -0.2) is 0 Å². The molecule has 2 unspecified atom stereocenters. The van der Waals surface area contributed by atoms with Gasteiger partial charge in [0.1, 0.15) is 0 Å². The molecular formula is C19H40Si2. The number of fused-ring (bicyclic) bond motifs is 2. The Hall–Kier alpha value is 0.434.